The van der Waals surface area contributed by atoms with Crippen molar-refractivity contribution >= 4 is 11.3 Å². The second-order valence-electron chi connectivity index (χ2n) is 4.85. The fourth-order valence-corrected chi connectivity index (χ4v) is 2.10. The van der Waals surface area contributed by atoms with Crippen molar-refractivity contribution < 1.29 is 10.2 Å². The molecule has 1 aromatic rings. The molecular weight excluding hydrogens is 224 g/mol. The van der Waals surface area contributed by atoms with Crippen molar-refractivity contribution in [2.75, 3.05) is 13.2 Å². The molecule has 5 heteroatoms. The van der Waals surface area contributed by atoms with Gasteiger partial charge in [0.1, 0.15) is 0 Å². The van der Waals surface area contributed by atoms with E-state index in [1.807, 2.05) is 6.20 Å². The Labute approximate surface area is 100 Å². The predicted molar refractivity (Wildman–Crippen MR) is 65.6 cm³/mol. The van der Waals surface area contributed by atoms with Crippen LogP contribution in [0.25, 0.3) is 0 Å². The van der Waals surface area contributed by atoms with E-state index in [4.69, 9.17) is 10.2 Å². The first-order valence-electron chi connectivity index (χ1n) is 5.38. The first kappa shape index (κ1) is 13.6. The lowest BCUT2D eigenvalue weighted by Crippen LogP contribution is -2.28. The topological polar surface area (TPSA) is 65.4 Å². The van der Waals surface area contributed by atoms with Crippen molar-refractivity contribution in [3.8, 4) is 0 Å². The van der Waals surface area contributed by atoms with Crippen LogP contribution in [-0.4, -0.2) is 34.5 Å². The maximum Gasteiger partial charge on any atom is 0.0981 e. The van der Waals surface area contributed by atoms with Crippen molar-refractivity contribution in [2.24, 2.45) is 0 Å². The molecule has 1 unspecified atom stereocenters. The van der Waals surface area contributed by atoms with Gasteiger partial charge in [-0.05, 0) is 0 Å². The van der Waals surface area contributed by atoms with Crippen molar-refractivity contribution in [2.45, 2.75) is 38.8 Å². The number of aliphatic hydroxyl groups is 2. The lowest BCUT2D eigenvalue weighted by molar-refractivity contribution is 0.0943. The summed E-state index contributed by atoms with van der Waals surface area (Å²) in [6, 6.07) is 0. The Morgan fingerprint density at radius 2 is 2.19 bits per heavy atom. The summed E-state index contributed by atoms with van der Waals surface area (Å²) < 4.78 is 0. The fraction of sp³-hybridized carbons (Fsp3) is 0.727. The Morgan fingerprint density at radius 1 is 1.50 bits per heavy atom. The zero-order valence-electron chi connectivity index (χ0n) is 10.0. The Morgan fingerprint density at radius 3 is 2.69 bits per heavy atom. The highest BCUT2D eigenvalue weighted by Gasteiger charge is 2.17. The average Bonchev–Trinajstić information content (AvgIpc) is 2.65. The molecule has 0 aliphatic heterocycles. The fourth-order valence-electron chi connectivity index (χ4n) is 1.16. The molecule has 1 rings (SSSR count). The molecule has 1 heterocycles. The number of hydrogen-bond acceptors (Lipinski definition) is 5. The van der Waals surface area contributed by atoms with Crippen LogP contribution in [0.3, 0.4) is 0 Å². The van der Waals surface area contributed by atoms with E-state index in [0.717, 1.165) is 9.88 Å². The summed E-state index contributed by atoms with van der Waals surface area (Å²) in [5.41, 5.74) is 0.0908. The van der Waals surface area contributed by atoms with Gasteiger partial charge in [-0.2, -0.15) is 0 Å². The number of hydrogen-bond donors (Lipinski definition) is 3. The van der Waals surface area contributed by atoms with E-state index in [1.165, 1.54) is 0 Å². The van der Waals surface area contributed by atoms with Crippen LogP contribution in [0.2, 0.25) is 0 Å². The van der Waals surface area contributed by atoms with Gasteiger partial charge in [-0.15, -0.1) is 11.3 Å². The Balaban J connectivity index is 2.41. The second kappa shape index (κ2) is 5.72. The monoisotopic (exact) mass is 244 g/mol. The second-order valence-corrected chi connectivity index (χ2v) is 5.96. The molecule has 16 heavy (non-hydrogen) atoms. The van der Waals surface area contributed by atoms with Crippen molar-refractivity contribution in [1.82, 2.24) is 10.3 Å². The van der Waals surface area contributed by atoms with Gasteiger partial charge in [-0.3, -0.25) is 0 Å². The van der Waals surface area contributed by atoms with Gasteiger partial charge in [-0.1, -0.05) is 20.8 Å². The summed E-state index contributed by atoms with van der Waals surface area (Å²) >= 11 is 1.68. The molecule has 0 aliphatic rings. The van der Waals surface area contributed by atoms with Gasteiger partial charge in [0.2, 0.25) is 0 Å². The molecule has 0 fully saturated rings. The van der Waals surface area contributed by atoms with E-state index in [0.29, 0.717) is 13.1 Å². The van der Waals surface area contributed by atoms with E-state index in [-0.39, 0.29) is 12.0 Å². The zero-order valence-corrected chi connectivity index (χ0v) is 10.8. The molecule has 0 saturated carbocycles. The van der Waals surface area contributed by atoms with Crippen LogP contribution >= 0.6 is 11.3 Å². The van der Waals surface area contributed by atoms with Crippen LogP contribution in [0.15, 0.2) is 6.20 Å². The highest BCUT2D eigenvalue weighted by molar-refractivity contribution is 7.11. The van der Waals surface area contributed by atoms with Crippen molar-refractivity contribution in [1.29, 1.82) is 0 Å². The summed E-state index contributed by atoms with van der Waals surface area (Å²) in [5.74, 6) is 0. The smallest absolute Gasteiger partial charge is 0.0981 e. The van der Waals surface area contributed by atoms with Gasteiger partial charge in [0, 0.05) is 29.6 Å². The predicted octanol–water partition coefficient (Wildman–Crippen LogP) is 0.883. The van der Waals surface area contributed by atoms with Gasteiger partial charge < -0.3 is 15.5 Å². The first-order chi connectivity index (χ1) is 7.43. The minimum absolute atomic E-state index is 0.0908. The van der Waals surface area contributed by atoms with Crippen LogP contribution in [0.1, 0.15) is 30.7 Å². The van der Waals surface area contributed by atoms with Crippen molar-refractivity contribution in [3.05, 3.63) is 16.1 Å². The van der Waals surface area contributed by atoms with Crippen molar-refractivity contribution in [3.63, 3.8) is 0 Å². The number of aromatic nitrogens is 1. The molecular formula is C11H20N2O2S. The van der Waals surface area contributed by atoms with Crippen LogP contribution in [0.4, 0.5) is 0 Å². The van der Waals surface area contributed by atoms with E-state index in [2.05, 4.69) is 31.1 Å². The number of nitrogens with one attached hydrogen (secondary N) is 1. The maximum absolute atomic E-state index is 9.15. The van der Waals surface area contributed by atoms with Gasteiger partial charge in [0.05, 0.1) is 17.7 Å². The zero-order chi connectivity index (χ0) is 12.2. The normalized spacial score (nSPS) is 14.1. The molecule has 0 bridgehead atoms. The summed E-state index contributed by atoms with van der Waals surface area (Å²) in [6.07, 6.45) is 1.18. The summed E-state index contributed by atoms with van der Waals surface area (Å²) in [4.78, 5) is 5.52. The molecule has 1 aromatic heterocycles. The van der Waals surface area contributed by atoms with Crippen LogP contribution in [0, 0.1) is 0 Å². The molecule has 1 atom stereocenters. The lowest BCUT2D eigenvalue weighted by atomic mass is 9.98. The Bertz CT molecular complexity index is 320. The SMILES string of the molecule is CC(C)(C)c1ncc(CNCC(O)CO)s1. The molecule has 0 radical (unpaired) electrons. The molecule has 4 nitrogen and oxygen atoms in total. The largest absolute Gasteiger partial charge is 0.394 e. The molecule has 0 saturated heterocycles. The third-order valence-electron chi connectivity index (χ3n) is 2.09. The van der Waals surface area contributed by atoms with Crippen LogP contribution < -0.4 is 5.32 Å². The highest BCUT2D eigenvalue weighted by atomic mass is 32.1. The van der Waals surface area contributed by atoms with Crippen LogP contribution in [0.5, 0.6) is 0 Å². The van der Waals surface area contributed by atoms with Gasteiger partial charge in [0.25, 0.3) is 0 Å². The Hall–Kier alpha value is -0.490. The highest BCUT2D eigenvalue weighted by Crippen LogP contribution is 2.26. The standard InChI is InChI=1S/C11H20N2O2S/c1-11(2,3)10-13-6-9(16-10)5-12-4-8(15)7-14/h6,8,12,14-15H,4-5,7H2,1-3H3. The molecule has 3 N–H and O–H groups in total. The molecule has 0 spiro atoms. The van der Waals surface area contributed by atoms with E-state index in [1.54, 1.807) is 11.3 Å². The molecule has 0 amide bonds. The third-order valence-corrected chi connectivity index (χ3v) is 3.51. The minimum atomic E-state index is -0.685. The summed E-state index contributed by atoms with van der Waals surface area (Å²) in [7, 11) is 0. The quantitative estimate of drug-likeness (QED) is 0.719. The van der Waals surface area contributed by atoms with Gasteiger partial charge >= 0.3 is 0 Å². The molecule has 0 aromatic carbocycles. The van der Waals surface area contributed by atoms with E-state index in [9.17, 15) is 0 Å². The number of aliphatic hydroxyl groups excluding tert-OH is 2. The maximum atomic E-state index is 9.15. The van der Waals surface area contributed by atoms with Gasteiger partial charge in [0.15, 0.2) is 0 Å². The number of rotatable bonds is 5. The molecule has 0 aliphatic carbocycles. The average molecular weight is 244 g/mol. The summed E-state index contributed by atoms with van der Waals surface area (Å²) in [5, 5.41) is 22.0. The first-order valence-corrected chi connectivity index (χ1v) is 6.20. The Kier molecular flexibility index (Phi) is 4.86. The van der Waals surface area contributed by atoms with E-state index < -0.39 is 6.10 Å². The van der Waals surface area contributed by atoms with Crippen LogP contribution in [-0.2, 0) is 12.0 Å². The number of thiazole rings is 1. The minimum Gasteiger partial charge on any atom is -0.394 e. The lowest BCUT2D eigenvalue weighted by Gasteiger charge is -2.13. The molecule has 92 valence electrons. The third kappa shape index (κ3) is 4.17. The number of nitrogens with zero attached hydrogens (tertiary/aromatic N) is 1. The summed E-state index contributed by atoms with van der Waals surface area (Å²) in [6.45, 7) is 7.29. The van der Waals surface area contributed by atoms with E-state index >= 15 is 0 Å². The van der Waals surface area contributed by atoms with Gasteiger partial charge in [-0.25, -0.2) is 4.98 Å².